The van der Waals surface area contributed by atoms with E-state index in [1.807, 2.05) is 18.2 Å². The van der Waals surface area contributed by atoms with Crippen molar-refractivity contribution in [1.29, 1.82) is 0 Å². The number of benzene rings is 1. The third kappa shape index (κ3) is 2.80. The molecule has 2 N–H and O–H groups in total. The third-order valence-electron chi connectivity index (χ3n) is 4.43. The fourth-order valence-corrected chi connectivity index (χ4v) is 3.11. The first-order chi connectivity index (χ1) is 9.74. The van der Waals surface area contributed by atoms with Gasteiger partial charge in [-0.15, -0.1) is 0 Å². The van der Waals surface area contributed by atoms with E-state index in [1.54, 1.807) is 0 Å². The fourth-order valence-electron chi connectivity index (χ4n) is 3.11. The second kappa shape index (κ2) is 5.83. The molecular formula is C16H22N2O2. The number of carbonyl (C=O) groups excluding carboxylic acids is 1. The molecule has 1 fully saturated rings. The van der Waals surface area contributed by atoms with Gasteiger partial charge in [0, 0.05) is 31.4 Å². The molecule has 3 rings (SSSR count). The summed E-state index contributed by atoms with van der Waals surface area (Å²) < 4.78 is 5.37. The highest BCUT2D eigenvalue weighted by Crippen LogP contribution is 2.25. The van der Waals surface area contributed by atoms with E-state index in [1.165, 1.54) is 5.56 Å². The number of rotatable bonds is 3. The van der Waals surface area contributed by atoms with Crippen LogP contribution < -0.4 is 10.6 Å². The van der Waals surface area contributed by atoms with Gasteiger partial charge in [-0.2, -0.15) is 0 Å². The molecule has 2 aliphatic rings. The maximum absolute atomic E-state index is 12.4. The van der Waals surface area contributed by atoms with Gasteiger partial charge in [0.15, 0.2) is 0 Å². The number of carbonyl (C=O) groups is 1. The van der Waals surface area contributed by atoms with Crippen molar-refractivity contribution < 1.29 is 9.53 Å². The zero-order valence-corrected chi connectivity index (χ0v) is 11.9. The number of ether oxygens (including phenoxy) is 1. The molecule has 2 aliphatic heterocycles. The van der Waals surface area contributed by atoms with Gasteiger partial charge in [0.25, 0.3) is 0 Å². The topological polar surface area (TPSA) is 50.4 Å². The number of hydrogen-bond acceptors (Lipinski definition) is 3. The molecule has 108 valence electrons. The van der Waals surface area contributed by atoms with Gasteiger partial charge in [0.1, 0.15) is 6.04 Å². The third-order valence-corrected chi connectivity index (χ3v) is 4.43. The first-order valence-electron chi connectivity index (χ1n) is 7.46. The predicted molar refractivity (Wildman–Crippen MR) is 78.7 cm³/mol. The largest absolute Gasteiger partial charge is 0.381 e. The van der Waals surface area contributed by atoms with Gasteiger partial charge in [-0.1, -0.05) is 18.2 Å². The Morgan fingerprint density at radius 3 is 2.85 bits per heavy atom. The molecule has 0 aromatic heterocycles. The van der Waals surface area contributed by atoms with Gasteiger partial charge >= 0.3 is 0 Å². The monoisotopic (exact) mass is 274 g/mol. The van der Waals surface area contributed by atoms with Gasteiger partial charge in [0.2, 0.25) is 5.91 Å². The summed E-state index contributed by atoms with van der Waals surface area (Å²) in [5.41, 5.74) is 2.32. The Balaban J connectivity index is 1.55. The van der Waals surface area contributed by atoms with Crippen molar-refractivity contribution in [2.75, 3.05) is 18.5 Å². The molecule has 1 aromatic rings. The molecule has 0 bridgehead atoms. The van der Waals surface area contributed by atoms with Crippen LogP contribution in [0.4, 0.5) is 5.69 Å². The first kappa shape index (κ1) is 13.4. The van der Waals surface area contributed by atoms with Crippen molar-refractivity contribution in [2.24, 2.45) is 5.92 Å². The Labute approximate surface area is 119 Å². The van der Waals surface area contributed by atoms with E-state index in [0.717, 1.165) is 38.2 Å². The van der Waals surface area contributed by atoms with Gasteiger partial charge < -0.3 is 15.4 Å². The molecule has 4 nitrogen and oxygen atoms in total. The van der Waals surface area contributed by atoms with Crippen molar-refractivity contribution in [3.63, 3.8) is 0 Å². The van der Waals surface area contributed by atoms with E-state index in [0.29, 0.717) is 5.92 Å². The SMILES string of the molecule is CC(NC(=O)C1Cc2ccccc2N1)C1CCOCC1. The zero-order valence-electron chi connectivity index (χ0n) is 11.9. The Morgan fingerprint density at radius 2 is 2.10 bits per heavy atom. The molecule has 0 radical (unpaired) electrons. The Hall–Kier alpha value is -1.55. The first-order valence-corrected chi connectivity index (χ1v) is 7.46. The van der Waals surface area contributed by atoms with E-state index in [-0.39, 0.29) is 18.0 Å². The summed E-state index contributed by atoms with van der Waals surface area (Å²) in [6.45, 7) is 3.74. The highest BCUT2D eigenvalue weighted by atomic mass is 16.5. The minimum atomic E-state index is -0.130. The fraction of sp³-hybridized carbons (Fsp3) is 0.562. The summed E-state index contributed by atoms with van der Waals surface area (Å²) in [5, 5.41) is 6.48. The highest BCUT2D eigenvalue weighted by Gasteiger charge is 2.29. The summed E-state index contributed by atoms with van der Waals surface area (Å²) >= 11 is 0. The molecule has 20 heavy (non-hydrogen) atoms. The van der Waals surface area contributed by atoms with E-state index in [9.17, 15) is 4.79 Å². The number of amides is 1. The van der Waals surface area contributed by atoms with Crippen LogP contribution in [-0.4, -0.2) is 31.2 Å². The quantitative estimate of drug-likeness (QED) is 0.886. The average Bonchev–Trinajstić information content (AvgIpc) is 2.92. The van der Waals surface area contributed by atoms with Crippen molar-refractivity contribution in [2.45, 2.75) is 38.3 Å². The van der Waals surface area contributed by atoms with Crippen LogP contribution in [0.15, 0.2) is 24.3 Å². The second-order valence-electron chi connectivity index (χ2n) is 5.81. The molecule has 0 spiro atoms. The van der Waals surface area contributed by atoms with Crippen LogP contribution in [0.2, 0.25) is 0 Å². The zero-order chi connectivity index (χ0) is 13.9. The van der Waals surface area contributed by atoms with Gasteiger partial charge in [-0.25, -0.2) is 0 Å². The maximum Gasteiger partial charge on any atom is 0.243 e. The average molecular weight is 274 g/mol. The normalized spacial score (nSPS) is 23.8. The molecule has 2 heterocycles. The molecule has 1 amide bonds. The van der Waals surface area contributed by atoms with Gasteiger partial charge in [-0.3, -0.25) is 4.79 Å². The molecule has 1 aromatic carbocycles. The highest BCUT2D eigenvalue weighted by molar-refractivity contribution is 5.87. The van der Waals surface area contributed by atoms with E-state index < -0.39 is 0 Å². The van der Waals surface area contributed by atoms with Crippen LogP contribution in [0.25, 0.3) is 0 Å². The minimum Gasteiger partial charge on any atom is -0.381 e. The number of hydrogen-bond donors (Lipinski definition) is 2. The van der Waals surface area contributed by atoms with Gasteiger partial charge in [-0.05, 0) is 37.3 Å². The summed E-state index contributed by atoms with van der Waals surface area (Å²) in [7, 11) is 0. The lowest BCUT2D eigenvalue weighted by atomic mass is 9.92. The lowest BCUT2D eigenvalue weighted by molar-refractivity contribution is -0.122. The van der Waals surface area contributed by atoms with Crippen molar-refractivity contribution >= 4 is 11.6 Å². The van der Waals surface area contributed by atoms with Crippen LogP contribution >= 0.6 is 0 Å². The maximum atomic E-state index is 12.4. The Bertz CT molecular complexity index is 458. The molecule has 4 heteroatoms. The Morgan fingerprint density at radius 1 is 1.35 bits per heavy atom. The number of anilines is 1. The standard InChI is InChI=1S/C16H22N2O2/c1-11(12-6-8-20-9-7-12)17-16(19)15-10-13-4-2-3-5-14(13)18-15/h2-5,11-12,15,18H,6-10H2,1H3,(H,17,19). The predicted octanol–water partition coefficient (Wildman–Crippen LogP) is 1.95. The second-order valence-corrected chi connectivity index (χ2v) is 5.81. The van der Waals surface area contributed by atoms with Crippen LogP contribution in [0, 0.1) is 5.92 Å². The number of para-hydroxylation sites is 1. The minimum absolute atomic E-state index is 0.111. The summed E-state index contributed by atoms with van der Waals surface area (Å²) in [5.74, 6) is 0.650. The van der Waals surface area contributed by atoms with E-state index >= 15 is 0 Å². The Kier molecular flexibility index (Phi) is 3.92. The van der Waals surface area contributed by atoms with E-state index in [2.05, 4.69) is 23.6 Å². The van der Waals surface area contributed by atoms with Crippen LogP contribution in [-0.2, 0) is 16.0 Å². The van der Waals surface area contributed by atoms with Crippen molar-refractivity contribution in [1.82, 2.24) is 5.32 Å². The molecular weight excluding hydrogens is 252 g/mol. The van der Waals surface area contributed by atoms with Gasteiger partial charge in [0.05, 0.1) is 0 Å². The molecule has 1 saturated heterocycles. The molecule has 0 saturated carbocycles. The summed E-state index contributed by atoms with van der Waals surface area (Å²) in [4.78, 5) is 12.4. The molecule has 2 unspecified atom stereocenters. The summed E-state index contributed by atoms with van der Waals surface area (Å²) in [6.07, 6.45) is 2.86. The molecule has 0 aliphatic carbocycles. The van der Waals surface area contributed by atoms with Crippen LogP contribution in [0.3, 0.4) is 0 Å². The van der Waals surface area contributed by atoms with Crippen LogP contribution in [0.1, 0.15) is 25.3 Å². The number of fused-ring (bicyclic) bond motifs is 1. The lowest BCUT2D eigenvalue weighted by Crippen LogP contribution is -2.46. The van der Waals surface area contributed by atoms with Crippen LogP contribution in [0.5, 0.6) is 0 Å². The van der Waals surface area contributed by atoms with Crippen molar-refractivity contribution in [3.05, 3.63) is 29.8 Å². The number of nitrogens with one attached hydrogen (secondary N) is 2. The van der Waals surface area contributed by atoms with Crippen molar-refractivity contribution in [3.8, 4) is 0 Å². The lowest BCUT2D eigenvalue weighted by Gasteiger charge is -2.29. The summed E-state index contributed by atoms with van der Waals surface area (Å²) in [6, 6.07) is 8.22. The molecule has 2 atom stereocenters. The smallest absolute Gasteiger partial charge is 0.243 e. The van der Waals surface area contributed by atoms with E-state index in [4.69, 9.17) is 4.74 Å².